The topological polar surface area (TPSA) is 53.3 Å². The lowest BCUT2D eigenvalue weighted by atomic mass is 9.86. The van der Waals surface area contributed by atoms with Crippen molar-refractivity contribution < 1.29 is 9.53 Å². The quantitative estimate of drug-likeness (QED) is 0.727. The summed E-state index contributed by atoms with van der Waals surface area (Å²) in [6.07, 6.45) is -0.400. The molecule has 92 valence electrons. The lowest BCUT2D eigenvalue weighted by Gasteiger charge is -2.34. The van der Waals surface area contributed by atoms with Gasteiger partial charge in [0, 0.05) is 13.1 Å². The molecule has 0 aliphatic rings. The van der Waals surface area contributed by atoms with E-state index in [9.17, 15) is 4.79 Å². The van der Waals surface area contributed by atoms with Gasteiger partial charge in [0.1, 0.15) is 5.60 Å². The molecule has 0 aromatic heterocycles. The number of hydrogen-bond acceptors (Lipinski definition) is 3. The molecule has 1 amide bonds. The average molecular weight is 226 g/mol. The molecular formula is C12H22N2O2. The fourth-order valence-corrected chi connectivity index (χ4v) is 1.07. The smallest absolute Gasteiger partial charge is 0.410 e. The van der Waals surface area contributed by atoms with E-state index in [2.05, 4.69) is 6.07 Å². The van der Waals surface area contributed by atoms with E-state index in [4.69, 9.17) is 10.00 Å². The second kappa shape index (κ2) is 4.73. The molecule has 0 N–H and O–H groups in total. The molecule has 0 spiro atoms. The summed E-state index contributed by atoms with van der Waals surface area (Å²) >= 11 is 0. The van der Waals surface area contributed by atoms with E-state index in [1.807, 2.05) is 27.7 Å². The third-order valence-corrected chi connectivity index (χ3v) is 2.60. The van der Waals surface area contributed by atoms with Gasteiger partial charge in [-0.3, -0.25) is 0 Å². The molecule has 16 heavy (non-hydrogen) atoms. The maximum absolute atomic E-state index is 11.8. The van der Waals surface area contributed by atoms with Gasteiger partial charge in [-0.15, -0.1) is 0 Å². The minimum absolute atomic E-state index is 0.202. The molecule has 0 fully saturated rings. The molecule has 0 rings (SSSR count). The monoisotopic (exact) mass is 226 g/mol. The Kier molecular flexibility index (Phi) is 4.36. The zero-order valence-electron chi connectivity index (χ0n) is 11.3. The Morgan fingerprint density at radius 2 is 1.75 bits per heavy atom. The molecule has 0 aliphatic carbocycles. The Bertz CT molecular complexity index is 297. The van der Waals surface area contributed by atoms with Crippen molar-refractivity contribution >= 4 is 6.09 Å². The van der Waals surface area contributed by atoms with Crippen molar-refractivity contribution in [3.63, 3.8) is 0 Å². The van der Waals surface area contributed by atoms with E-state index < -0.39 is 17.1 Å². The van der Waals surface area contributed by atoms with Crippen molar-refractivity contribution in [1.82, 2.24) is 4.90 Å². The van der Waals surface area contributed by atoms with Crippen molar-refractivity contribution in [3.8, 4) is 6.07 Å². The minimum Gasteiger partial charge on any atom is -0.444 e. The Balaban J connectivity index is 4.65. The fraction of sp³-hybridized carbons (Fsp3) is 0.833. The molecule has 0 aliphatic heterocycles. The summed E-state index contributed by atoms with van der Waals surface area (Å²) in [5, 5.41) is 9.00. The summed E-state index contributed by atoms with van der Waals surface area (Å²) in [7, 11) is 1.65. The summed E-state index contributed by atoms with van der Waals surface area (Å²) in [6.45, 7) is 10.9. The van der Waals surface area contributed by atoms with Crippen LogP contribution in [0.15, 0.2) is 0 Å². The third-order valence-electron chi connectivity index (χ3n) is 2.60. The van der Waals surface area contributed by atoms with E-state index >= 15 is 0 Å². The van der Waals surface area contributed by atoms with Gasteiger partial charge in [-0.2, -0.15) is 5.26 Å². The summed E-state index contributed by atoms with van der Waals surface area (Å²) in [5.41, 5.74) is -1.10. The highest BCUT2D eigenvalue weighted by Crippen LogP contribution is 2.24. The van der Waals surface area contributed by atoms with E-state index in [-0.39, 0.29) is 6.04 Å². The predicted molar refractivity (Wildman–Crippen MR) is 62.9 cm³/mol. The van der Waals surface area contributed by atoms with Gasteiger partial charge in [0.05, 0.1) is 11.5 Å². The van der Waals surface area contributed by atoms with Crippen LogP contribution in [-0.2, 0) is 4.74 Å². The van der Waals surface area contributed by atoms with Crippen LogP contribution < -0.4 is 0 Å². The van der Waals surface area contributed by atoms with Crippen LogP contribution in [0.25, 0.3) is 0 Å². The Hall–Kier alpha value is -1.24. The molecule has 0 saturated heterocycles. The number of nitriles is 1. The van der Waals surface area contributed by atoms with Crippen LogP contribution in [0.1, 0.15) is 41.5 Å². The summed E-state index contributed by atoms with van der Waals surface area (Å²) in [4.78, 5) is 13.2. The standard InChI is InChI=1S/C12H22N2O2/c1-9(12(5,6)8-13)14(7)10(15)16-11(2,3)4/h9H,1-7H3. The number of hydrogen-bond donors (Lipinski definition) is 0. The molecular weight excluding hydrogens is 204 g/mol. The number of carbonyl (C=O) groups is 1. The van der Waals surface area contributed by atoms with E-state index in [1.54, 1.807) is 20.9 Å². The van der Waals surface area contributed by atoms with E-state index in [0.29, 0.717) is 0 Å². The van der Waals surface area contributed by atoms with Gasteiger partial charge in [0.25, 0.3) is 0 Å². The molecule has 1 atom stereocenters. The first kappa shape index (κ1) is 14.8. The number of ether oxygens (including phenoxy) is 1. The van der Waals surface area contributed by atoms with Gasteiger partial charge >= 0.3 is 6.09 Å². The van der Waals surface area contributed by atoms with E-state index in [1.165, 1.54) is 4.90 Å². The highest BCUT2D eigenvalue weighted by molar-refractivity contribution is 5.68. The van der Waals surface area contributed by atoms with Crippen LogP contribution in [0.5, 0.6) is 0 Å². The highest BCUT2D eigenvalue weighted by Gasteiger charge is 2.33. The zero-order chi connectivity index (χ0) is 13.1. The first-order valence-electron chi connectivity index (χ1n) is 5.38. The largest absolute Gasteiger partial charge is 0.444 e. The molecule has 4 heteroatoms. The molecule has 4 nitrogen and oxygen atoms in total. The van der Waals surface area contributed by atoms with Gasteiger partial charge in [-0.05, 0) is 41.5 Å². The Labute approximate surface area is 98.2 Å². The second-order valence-corrected chi connectivity index (χ2v) is 5.60. The van der Waals surface area contributed by atoms with Crippen LogP contribution in [0, 0.1) is 16.7 Å². The van der Waals surface area contributed by atoms with Crippen LogP contribution in [0.3, 0.4) is 0 Å². The summed E-state index contributed by atoms with van der Waals surface area (Å²) < 4.78 is 5.24. The number of amides is 1. The van der Waals surface area contributed by atoms with Gasteiger partial charge in [-0.25, -0.2) is 4.79 Å². The summed E-state index contributed by atoms with van der Waals surface area (Å²) in [5.74, 6) is 0. The predicted octanol–water partition coefficient (Wildman–Crippen LogP) is 2.79. The fourth-order valence-electron chi connectivity index (χ4n) is 1.07. The molecule has 0 saturated carbocycles. The maximum atomic E-state index is 11.8. The van der Waals surface area contributed by atoms with Gasteiger partial charge in [0.2, 0.25) is 0 Å². The number of rotatable bonds is 2. The molecule has 0 aromatic carbocycles. The minimum atomic E-state index is -0.592. The lowest BCUT2D eigenvalue weighted by molar-refractivity contribution is 0.0159. The Morgan fingerprint density at radius 3 is 2.06 bits per heavy atom. The van der Waals surface area contributed by atoms with Crippen molar-refractivity contribution in [2.24, 2.45) is 5.41 Å². The van der Waals surface area contributed by atoms with E-state index in [0.717, 1.165) is 0 Å². The molecule has 1 unspecified atom stereocenters. The molecule has 0 aromatic rings. The second-order valence-electron chi connectivity index (χ2n) is 5.60. The van der Waals surface area contributed by atoms with Gasteiger partial charge in [-0.1, -0.05) is 0 Å². The van der Waals surface area contributed by atoms with Gasteiger partial charge < -0.3 is 9.64 Å². The van der Waals surface area contributed by atoms with Crippen LogP contribution in [-0.4, -0.2) is 29.7 Å². The van der Waals surface area contributed by atoms with Crippen LogP contribution >= 0.6 is 0 Å². The van der Waals surface area contributed by atoms with Crippen molar-refractivity contribution in [3.05, 3.63) is 0 Å². The van der Waals surface area contributed by atoms with Crippen molar-refractivity contribution in [2.45, 2.75) is 53.2 Å². The molecule has 0 heterocycles. The first-order chi connectivity index (χ1) is 7.01. The lowest BCUT2D eigenvalue weighted by Crippen LogP contribution is -2.45. The van der Waals surface area contributed by atoms with Crippen LogP contribution in [0.2, 0.25) is 0 Å². The number of carbonyl (C=O) groups excluding carboxylic acids is 1. The third kappa shape index (κ3) is 4.09. The number of nitrogens with zero attached hydrogens (tertiary/aromatic N) is 2. The van der Waals surface area contributed by atoms with Crippen LogP contribution in [0.4, 0.5) is 4.79 Å². The Morgan fingerprint density at radius 1 is 1.31 bits per heavy atom. The van der Waals surface area contributed by atoms with Crippen molar-refractivity contribution in [1.29, 1.82) is 5.26 Å². The highest BCUT2D eigenvalue weighted by atomic mass is 16.6. The summed E-state index contributed by atoms with van der Waals surface area (Å²) in [6, 6.07) is 1.99. The van der Waals surface area contributed by atoms with Crippen molar-refractivity contribution in [2.75, 3.05) is 7.05 Å². The first-order valence-corrected chi connectivity index (χ1v) is 5.38. The molecule has 0 bridgehead atoms. The zero-order valence-corrected chi connectivity index (χ0v) is 11.3. The maximum Gasteiger partial charge on any atom is 0.410 e. The normalized spacial score (nSPS) is 13.9. The average Bonchev–Trinajstić information content (AvgIpc) is 2.12. The van der Waals surface area contributed by atoms with Gasteiger partial charge in [0.15, 0.2) is 0 Å². The SMILES string of the molecule is CC(N(C)C(=O)OC(C)(C)C)C(C)(C)C#N. The molecule has 0 radical (unpaired) electrons.